The number of rotatable bonds is 4. The van der Waals surface area contributed by atoms with Crippen LogP contribution in [0.25, 0.3) is 0 Å². The van der Waals surface area contributed by atoms with Gasteiger partial charge in [0.15, 0.2) is 0 Å². The zero-order chi connectivity index (χ0) is 8.81. The van der Waals surface area contributed by atoms with E-state index in [0.29, 0.717) is 5.92 Å². The van der Waals surface area contributed by atoms with Gasteiger partial charge in [-0.25, -0.2) is 0 Å². The van der Waals surface area contributed by atoms with Gasteiger partial charge < -0.3 is 9.47 Å². The van der Waals surface area contributed by atoms with Crippen LogP contribution in [0, 0.1) is 5.92 Å². The Morgan fingerprint density at radius 1 is 1.50 bits per heavy atom. The summed E-state index contributed by atoms with van der Waals surface area (Å²) in [5.74, 6) is 0.621. The van der Waals surface area contributed by atoms with E-state index in [1.54, 1.807) is 0 Å². The SMILES string of the molecule is CC(C)COCN1CCCOC1. The second-order valence-corrected chi connectivity index (χ2v) is 3.68. The fourth-order valence-electron chi connectivity index (χ4n) is 1.17. The molecule has 0 amide bonds. The third-order valence-electron chi connectivity index (χ3n) is 1.76. The van der Waals surface area contributed by atoms with E-state index < -0.39 is 0 Å². The van der Waals surface area contributed by atoms with Crippen molar-refractivity contribution in [1.82, 2.24) is 4.90 Å². The Morgan fingerprint density at radius 2 is 2.33 bits per heavy atom. The van der Waals surface area contributed by atoms with Crippen LogP contribution in [0.2, 0.25) is 0 Å². The third kappa shape index (κ3) is 4.04. The summed E-state index contributed by atoms with van der Waals surface area (Å²) in [6.07, 6.45) is 1.13. The Labute approximate surface area is 74.6 Å². The molecule has 3 nitrogen and oxygen atoms in total. The van der Waals surface area contributed by atoms with Crippen LogP contribution in [0.15, 0.2) is 0 Å². The lowest BCUT2D eigenvalue weighted by atomic mass is 10.2. The van der Waals surface area contributed by atoms with Crippen molar-refractivity contribution in [1.29, 1.82) is 0 Å². The van der Waals surface area contributed by atoms with Gasteiger partial charge in [-0.05, 0) is 12.3 Å². The molecule has 1 saturated heterocycles. The summed E-state index contributed by atoms with van der Waals surface area (Å²) in [6, 6.07) is 0. The van der Waals surface area contributed by atoms with Crippen LogP contribution in [0.1, 0.15) is 20.3 Å². The Kier molecular flexibility index (Phi) is 4.58. The van der Waals surface area contributed by atoms with E-state index in [1.807, 2.05) is 0 Å². The molecule has 0 aromatic carbocycles. The molecule has 0 aromatic heterocycles. The van der Waals surface area contributed by atoms with Crippen LogP contribution in [0.3, 0.4) is 0 Å². The molecule has 0 radical (unpaired) electrons. The molecule has 12 heavy (non-hydrogen) atoms. The van der Waals surface area contributed by atoms with Crippen molar-refractivity contribution >= 4 is 0 Å². The Bertz CT molecular complexity index is 111. The van der Waals surface area contributed by atoms with E-state index in [4.69, 9.17) is 9.47 Å². The van der Waals surface area contributed by atoms with E-state index >= 15 is 0 Å². The lowest BCUT2D eigenvalue weighted by molar-refractivity contribution is -0.0773. The predicted octanol–water partition coefficient (Wildman–Crippen LogP) is 1.30. The second-order valence-electron chi connectivity index (χ2n) is 3.68. The standard InChI is InChI=1S/C9H19NO2/c1-9(2)6-12-8-10-4-3-5-11-7-10/h9H,3-8H2,1-2H3. The molecule has 0 aromatic rings. The topological polar surface area (TPSA) is 21.7 Å². The fourth-order valence-corrected chi connectivity index (χ4v) is 1.17. The molecule has 0 N–H and O–H groups in total. The van der Waals surface area contributed by atoms with Crippen LogP contribution in [0.5, 0.6) is 0 Å². The molecule has 0 spiro atoms. The van der Waals surface area contributed by atoms with E-state index in [0.717, 1.165) is 39.6 Å². The first-order valence-corrected chi connectivity index (χ1v) is 4.67. The normalized spacial score (nSPS) is 20.2. The Morgan fingerprint density at radius 3 is 2.92 bits per heavy atom. The van der Waals surface area contributed by atoms with Crippen molar-refractivity contribution in [2.24, 2.45) is 5.92 Å². The minimum Gasteiger partial charge on any atom is -0.366 e. The molecular formula is C9H19NO2. The summed E-state index contributed by atoms with van der Waals surface area (Å²) in [7, 11) is 0. The maximum Gasteiger partial charge on any atom is 0.101 e. The van der Waals surface area contributed by atoms with Crippen molar-refractivity contribution in [3.05, 3.63) is 0 Å². The molecule has 0 atom stereocenters. The highest BCUT2D eigenvalue weighted by Crippen LogP contribution is 2.01. The van der Waals surface area contributed by atoms with Crippen molar-refractivity contribution in [3.63, 3.8) is 0 Å². The molecule has 1 aliphatic heterocycles. The van der Waals surface area contributed by atoms with Crippen LogP contribution in [-0.4, -0.2) is 38.1 Å². The first-order chi connectivity index (χ1) is 5.79. The molecular weight excluding hydrogens is 154 g/mol. The maximum absolute atomic E-state index is 5.48. The van der Waals surface area contributed by atoms with Gasteiger partial charge in [-0.3, -0.25) is 4.90 Å². The van der Waals surface area contributed by atoms with Crippen LogP contribution in [0.4, 0.5) is 0 Å². The number of ether oxygens (including phenoxy) is 2. The third-order valence-corrected chi connectivity index (χ3v) is 1.76. The first kappa shape index (κ1) is 9.96. The maximum atomic E-state index is 5.48. The molecule has 1 aliphatic rings. The van der Waals surface area contributed by atoms with Crippen LogP contribution in [-0.2, 0) is 9.47 Å². The van der Waals surface area contributed by atoms with Crippen LogP contribution < -0.4 is 0 Å². The molecule has 1 fully saturated rings. The van der Waals surface area contributed by atoms with Gasteiger partial charge >= 0.3 is 0 Å². The minimum atomic E-state index is 0.621. The summed E-state index contributed by atoms with van der Waals surface area (Å²) in [6.45, 7) is 8.63. The number of nitrogens with zero attached hydrogens (tertiary/aromatic N) is 1. The van der Waals surface area contributed by atoms with Gasteiger partial charge in [0.2, 0.25) is 0 Å². The summed E-state index contributed by atoms with van der Waals surface area (Å²) < 4.78 is 10.8. The van der Waals surface area contributed by atoms with Crippen molar-refractivity contribution < 1.29 is 9.47 Å². The molecule has 1 rings (SSSR count). The van der Waals surface area contributed by atoms with Gasteiger partial charge in [0.05, 0.1) is 6.61 Å². The molecule has 0 saturated carbocycles. The fraction of sp³-hybridized carbons (Fsp3) is 1.00. The lowest BCUT2D eigenvalue weighted by Crippen LogP contribution is -2.35. The van der Waals surface area contributed by atoms with Crippen molar-refractivity contribution in [2.75, 3.05) is 33.2 Å². The van der Waals surface area contributed by atoms with E-state index in [2.05, 4.69) is 18.7 Å². The summed E-state index contributed by atoms with van der Waals surface area (Å²) in [4.78, 5) is 2.19. The highest BCUT2D eigenvalue weighted by atomic mass is 16.5. The second kappa shape index (κ2) is 5.51. The molecule has 3 heteroatoms. The molecule has 0 aliphatic carbocycles. The summed E-state index contributed by atoms with van der Waals surface area (Å²) in [5, 5.41) is 0. The molecule has 1 heterocycles. The van der Waals surface area contributed by atoms with Gasteiger partial charge in [0, 0.05) is 13.2 Å². The van der Waals surface area contributed by atoms with Gasteiger partial charge in [0.25, 0.3) is 0 Å². The van der Waals surface area contributed by atoms with E-state index in [9.17, 15) is 0 Å². The quantitative estimate of drug-likeness (QED) is 0.639. The van der Waals surface area contributed by atoms with E-state index in [-0.39, 0.29) is 0 Å². The molecule has 72 valence electrons. The number of hydrogen-bond acceptors (Lipinski definition) is 3. The zero-order valence-electron chi connectivity index (χ0n) is 8.08. The van der Waals surface area contributed by atoms with Gasteiger partial charge in [-0.2, -0.15) is 0 Å². The van der Waals surface area contributed by atoms with Crippen LogP contribution >= 0.6 is 0 Å². The highest BCUT2D eigenvalue weighted by Gasteiger charge is 2.09. The zero-order valence-corrected chi connectivity index (χ0v) is 8.08. The Balaban J connectivity index is 1.98. The average molecular weight is 173 g/mol. The van der Waals surface area contributed by atoms with Crippen molar-refractivity contribution in [2.45, 2.75) is 20.3 Å². The number of hydrogen-bond donors (Lipinski definition) is 0. The molecule has 0 bridgehead atoms. The monoisotopic (exact) mass is 173 g/mol. The summed E-state index contributed by atoms with van der Waals surface area (Å²) >= 11 is 0. The van der Waals surface area contributed by atoms with E-state index in [1.165, 1.54) is 0 Å². The average Bonchev–Trinajstić information content (AvgIpc) is 2.05. The van der Waals surface area contributed by atoms with Crippen molar-refractivity contribution in [3.8, 4) is 0 Å². The van der Waals surface area contributed by atoms with Gasteiger partial charge in [-0.15, -0.1) is 0 Å². The highest BCUT2D eigenvalue weighted by molar-refractivity contribution is 4.53. The molecule has 0 unspecified atom stereocenters. The Hall–Kier alpha value is -0.120. The minimum absolute atomic E-state index is 0.621. The predicted molar refractivity (Wildman–Crippen MR) is 47.8 cm³/mol. The first-order valence-electron chi connectivity index (χ1n) is 4.67. The largest absolute Gasteiger partial charge is 0.366 e. The summed E-state index contributed by atoms with van der Waals surface area (Å²) in [5.41, 5.74) is 0. The van der Waals surface area contributed by atoms with Gasteiger partial charge in [0.1, 0.15) is 13.5 Å². The smallest absolute Gasteiger partial charge is 0.101 e. The lowest BCUT2D eigenvalue weighted by Gasteiger charge is -2.26. The van der Waals surface area contributed by atoms with Gasteiger partial charge in [-0.1, -0.05) is 13.8 Å².